The molecule has 45 nitrogen and oxygen atoms in total. The molecule has 692 valence electrons. The zero-order chi connectivity index (χ0) is 92.8. The maximum Gasteiger partial charge on any atom is 0.698 e. The number of rotatable bonds is 38. The SMILES string of the molecule is CC(C)C(=O)Nc1nc2c(ncn2[C@@H]2O[C@H](CO)[C@@H](O[Si](C)(C)C(C)(C)C)[C@H]2OP(OCCC#N)OC[C@@H]2C[C@@H](O[P+](=O)O[C@@H]3C[C@@H](COP(OCCC#N)O[C@@H]4[C@H](O[Si](C)(C)C(C)(C)C)[C@@H](CO)O[C@H]4n4cnc5c(=O)[nH]c(NC(=O)C(C)C)nc54)O[C@H]3n3cnc4c(NC(=O)c5ccccc5)ncnc43)[C@H](n3cnc4c(NC(=O)c5ccccc5)ncnc43)O2)c(=O)[nH]1. The second-order valence-corrected chi connectivity index (χ2v) is 47.4. The number of aliphatic hydroxyl groups excluding tert-OH is 2. The molecule has 4 saturated heterocycles. The van der Waals surface area contributed by atoms with Gasteiger partial charge in [0.15, 0.2) is 110 Å². The molecule has 16 atom stereocenters. The van der Waals surface area contributed by atoms with Crippen molar-refractivity contribution in [3.05, 3.63) is 130 Å². The standard InChI is InChI=1S/C80H101N22O23P3Si2/c1-43(2)67(105)95-77-93-65-55(71(109)97-77)89-41-101(65)75-59(57(51(33-103)118-75)124-129(11,12)79(5,6)7)122-127(112-29-21-27-81)114-35-47-31-49(73(116-47)99-39-87-53-61(83-37-85-63(53)99)91-69(107)45-23-17-15-18-24-45)120-126(111)121-50-32-48(117-74(50)100-40-88-54-62(84-38-86-64(54)100)92-70(108)46-25-19-16-20-26-46)36-115-128(113-30-22-28-82)123-60-58(125-130(13,14)80(8,9)10)52(34-104)119-76(60)102-42-90-56-66(102)94-78(98-72(56)110)96-68(106)44(3)4/h15-20,23-26,37-44,47-52,57-60,73-76,103-104H,21-22,29-36H2,1-14H3,(H5-,83,84,85,86,91,92,93,94,95,96,97,98,105,106,107,108,109,110)/p+1/t47-,48-,49+,50+,51+,52+,57+,58+,59+,60+,73+,74+,75+,76+,127?,128?/m0/s1. The van der Waals surface area contributed by atoms with Gasteiger partial charge < -0.3 is 75.8 Å². The van der Waals surface area contributed by atoms with Crippen LogP contribution in [-0.2, 0) is 78.1 Å². The number of hydrogen-bond donors (Lipinski definition) is 8. The highest BCUT2D eigenvalue weighted by atomic mass is 31.2. The fraction of sp³-hybridized carbons (Fsp3) is 0.525. The topological polar surface area (TPSA) is 565 Å². The lowest BCUT2D eigenvalue weighted by Gasteiger charge is -2.40. The molecule has 0 spiro atoms. The molecule has 0 saturated carbocycles. The second kappa shape index (κ2) is 40.9. The van der Waals surface area contributed by atoms with Crippen LogP contribution in [0, 0.1) is 34.5 Å². The molecule has 130 heavy (non-hydrogen) atoms. The first-order valence-corrected chi connectivity index (χ1v) is 51.0. The number of nitrogens with one attached hydrogen (secondary N) is 6. The number of benzene rings is 2. The summed E-state index contributed by atoms with van der Waals surface area (Å²) >= 11 is 0. The van der Waals surface area contributed by atoms with Crippen molar-refractivity contribution in [3.63, 3.8) is 0 Å². The molecule has 12 heterocycles. The summed E-state index contributed by atoms with van der Waals surface area (Å²) in [4.78, 5) is 131. The molecule has 0 aliphatic carbocycles. The molecule has 4 aliphatic heterocycles. The van der Waals surface area contributed by atoms with Crippen LogP contribution in [-0.4, -0.2) is 229 Å². The van der Waals surface area contributed by atoms with Gasteiger partial charge in [-0.25, -0.2) is 39.9 Å². The van der Waals surface area contributed by atoms with E-state index in [9.17, 15) is 49.5 Å². The first kappa shape index (κ1) is 95.9. The predicted molar refractivity (Wildman–Crippen MR) is 471 cm³/mol. The maximum atomic E-state index is 15.5. The number of aromatic nitrogens is 16. The van der Waals surface area contributed by atoms with Crippen molar-refractivity contribution < 1.29 is 97.9 Å². The Morgan fingerprint density at radius 1 is 0.523 bits per heavy atom. The first-order valence-electron chi connectivity index (χ1n) is 41.9. The van der Waals surface area contributed by atoms with Crippen LogP contribution < -0.4 is 32.4 Å². The monoisotopic (exact) mass is 1890 g/mol. The van der Waals surface area contributed by atoms with Crippen molar-refractivity contribution in [1.82, 2.24) is 78.1 Å². The second-order valence-electron chi connectivity index (χ2n) is 34.6. The summed E-state index contributed by atoms with van der Waals surface area (Å²) in [5, 5.41) is 52.3. The molecule has 2 unspecified atom stereocenters. The normalized spacial score (nSPS) is 23.2. The van der Waals surface area contributed by atoms with Gasteiger partial charge in [0.05, 0.1) is 102 Å². The van der Waals surface area contributed by atoms with Crippen LogP contribution in [0.5, 0.6) is 0 Å². The van der Waals surface area contributed by atoms with Gasteiger partial charge in [-0.05, 0) is 60.5 Å². The number of fused-ring (bicyclic) bond motifs is 4. The highest BCUT2D eigenvalue weighted by molar-refractivity contribution is 7.42. The lowest BCUT2D eigenvalue weighted by Crippen LogP contribution is -2.50. The third kappa shape index (κ3) is 21.5. The number of amides is 4. The third-order valence-electron chi connectivity index (χ3n) is 22.9. The molecule has 8 aromatic heterocycles. The number of nitrogens with zero attached hydrogens (tertiary/aromatic N) is 16. The quantitative estimate of drug-likeness (QED) is 0.0101. The van der Waals surface area contributed by atoms with Gasteiger partial charge >= 0.3 is 25.5 Å². The van der Waals surface area contributed by atoms with Gasteiger partial charge in [0.25, 0.3) is 22.9 Å². The van der Waals surface area contributed by atoms with Gasteiger partial charge in [0.2, 0.25) is 23.7 Å². The molecule has 8 N–H and O–H groups in total. The summed E-state index contributed by atoms with van der Waals surface area (Å²) in [6.07, 6.45) is -9.61. The highest BCUT2D eigenvalue weighted by Crippen LogP contribution is 2.54. The van der Waals surface area contributed by atoms with E-state index in [-0.39, 0.29) is 120 Å². The van der Waals surface area contributed by atoms with Crippen LogP contribution in [0.25, 0.3) is 44.7 Å². The third-order valence-corrected chi connectivity index (χ3v) is 35.0. The number of nitriles is 2. The minimum Gasteiger partial charge on any atom is -0.408 e. The van der Waals surface area contributed by atoms with Gasteiger partial charge in [0, 0.05) is 40.4 Å². The molecular weight excluding hydrogens is 1790 g/mol. The Kier molecular flexibility index (Phi) is 30.2. The number of aromatic amines is 2. The molecule has 50 heteroatoms. The van der Waals surface area contributed by atoms with E-state index in [0.717, 1.165) is 0 Å². The van der Waals surface area contributed by atoms with E-state index in [1.165, 1.54) is 56.2 Å². The number of anilines is 4. The largest absolute Gasteiger partial charge is 0.698 e. The van der Waals surface area contributed by atoms with Crippen molar-refractivity contribution in [2.45, 2.75) is 217 Å². The van der Waals surface area contributed by atoms with E-state index in [1.54, 1.807) is 88.4 Å². The Bertz CT molecular complexity index is 5590. The Morgan fingerprint density at radius 2 is 0.892 bits per heavy atom. The summed E-state index contributed by atoms with van der Waals surface area (Å²) in [5.41, 5.74) is -0.619. The number of imidazole rings is 4. The predicted octanol–water partition coefficient (Wildman–Crippen LogP) is 10.3. The summed E-state index contributed by atoms with van der Waals surface area (Å²) in [6.45, 7) is 24.4. The van der Waals surface area contributed by atoms with Gasteiger partial charge in [-0.2, -0.15) is 20.5 Å². The molecule has 2 aromatic carbocycles. The lowest BCUT2D eigenvalue weighted by atomic mass is 10.1. The smallest absolute Gasteiger partial charge is 0.408 e. The average Bonchev–Trinajstić information content (AvgIpc) is 1.60. The minimum atomic E-state index is -3.35. The number of H-pyrrole nitrogens is 2. The Morgan fingerprint density at radius 3 is 1.25 bits per heavy atom. The van der Waals surface area contributed by atoms with Crippen LogP contribution in [0.3, 0.4) is 0 Å². The zero-order valence-electron chi connectivity index (χ0n) is 73.5. The van der Waals surface area contributed by atoms with E-state index in [1.807, 2.05) is 67.7 Å². The van der Waals surface area contributed by atoms with E-state index in [4.69, 9.17) is 64.0 Å². The summed E-state index contributed by atoms with van der Waals surface area (Å²) in [5.74, 6) is -3.21. The molecule has 4 aliphatic rings. The van der Waals surface area contributed by atoms with Crippen molar-refractivity contribution in [2.75, 3.05) is 60.9 Å². The summed E-state index contributed by atoms with van der Waals surface area (Å²) < 4.78 is 116. The first-order chi connectivity index (χ1) is 62.0. The maximum absolute atomic E-state index is 15.5. The molecule has 4 amide bonds. The molecule has 0 bridgehead atoms. The molecule has 10 aromatic rings. The van der Waals surface area contributed by atoms with Gasteiger partial charge in [0.1, 0.15) is 49.3 Å². The van der Waals surface area contributed by atoms with Crippen LogP contribution in [0.15, 0.2) is 108 Å². The zero-order valence-corrected chi connectivity index (χ0v) is 78.2. The number of aliphatic hydroxyl groups is 2. The van der Waals surface area contributed by atoms with Crippen LogP contribution in [0.1, 0.15) is 141 Å². The average molecular weight is 1890 g/mol. The Balaban J connectivity index is 0.787. The van der Waals surface area contributed by atoms with Gasteiger partial charge in [-0.15, -0.1) is 9.05 Å². The summed E-state index contributed by atoms with van der Waals surface area (Å²) in [7, 11) is -14.3. The lowest BCUT2D eigenvalue weighted by molar-refractivity contribution is -0.119. The fourth-order valence-corrected chi connectivity index (χ4v) is 19.8. The van der Waals surface area contributed by atoms with E-state index < -0.39 is 198 Å². The van der Waals surface area contributed by atoms with Crippen molar-refractivity contribution in [1.29, 1.82) is 10.5 Å². The van der Waals surface area contributed by atoms with E-state index in [0.29, 0.717) is 11.1 Å². The molecular formula is C80H102N22O23P3Si2+. The van der Waals surface area contributed by atoms with Crippen molar-refractivity contribution in [3.8, 4) is 12.1 Å². The van der Waals surface area contributed by atoms with E-state index in [2.05, 4.69) is 93.2 Å². The highest BCUT2D eigenvalue weighted by Gasteiger charge is 2.57. The van der Waals surface area contributed by atoms with Crippen molar-refractivity contribution >= 4 is 134 Å². The van der Waals surface area contributed by atoms with E-state index >= 15 is 4.57 Å². The number of ether oxygens (including phenoxy) is 4. The van der Waals surface area contributed by atoms with Crippen LogP contribution in [0.4, 0.5) is 23.5 Å². The molecule has 4 fully saturated rings. The molecule has 14 rings (SSSR count). The molecule has 0 radical (unpaired) electrons. The van der Waals surface area contributed by atoms with Gasteiger partial charge in [-0.3, -0.25) is 67.6 Å². The minimum absolute atomic E-state index is 0.0234. The summed E-state index contributed by atoms with van der Waals surface area (Å²) in [6, 6.07) is 21.0. The van der Waals surface area contributed by atoms with Crippen molar-refractivity contribution in [2.24, 2.45) is 11.8 Å². The van der Waals surface area contributed by atoms with Crippen LogP contribution in [0.2, 0.25) is 36.3 Å². The Hall–Kier alpha value is -10.1. The number of carbonyl (C=O) groups is 4. The van der Waals surface area contributed by atoms with Crippen LogP contribution >= 0.6 is 25.5 Å². The Labute approximate surface area is 749 Å². The number of carbonyl (C=O) groups excluding carboxylic acids is 4. The fourth-order valence-electron chi connectivity index (χ4n) is 14.0. The number of hydrogen-bond acceptors (Lipinski definition) is 35. The van der Waals surface area contributed by atoms with Gasteiger partial charge in [-0.1, -0.05) is 106 Å².